The van der Waals surface area contributed by atoms with Crippen molar-refractivity contribution in [2.45, 2.75) is 13.8 Å². The molecule has 26 heavy (non-hydrogen) atoms. The van der Waals surface area contributed by atoms with Crippen molar-refractivity contribution >= 4 is 40.8 Å². The molecule has 1 heterocycles. The van der Waals surface area contributed by atoms with Gasteiger partial charge in [-0.3, -0.25) is 4.79 Å². The highest BCUT2D eigenvalue weighted by Crippen LogP contribution is 2.23. The zero-order chi connectivity index (χ0) is 18.9. The number of ether oxygens (including phenoxy) is 2. The summed E-state index contributed by atoms with van der Waals surface area (Å²) in [7, 11) is 0. The smallest absolute Gasteiger partial charge is 0.347 e. The maximum absolute atomic E-state index is 12.0. The number of anilines is 2. The van der Waals surface area contributed by atoms with Crippen molar-refractivity contribution in [1.82, 2.24) is 9.97 Å². The number of nitrogens with zero attached hydrogens (tertiary/aromatic N) is 2. The van der Waals surface area contributed by atoms with Crippen LogP contribution in [0, 0.1) is 0 Å². The summed E-state index contributed by atoms with van der Waals surface area (Å²) in [5, 5.41) is 5.92. The van der Waals surface area contributed by atoms with Gasteiger partial charge in [0.1, 0.15) is 12.1 Å². The van der Waals surface area contributed by atoms with Crippen LogP contribution in [0.4, 0.5) is 11.5 Å². The van der Waals surface area contributed by atoms with E-state index in [4.69, 9.17) is 9.47 Å². The van der Waals surface area contributed by atoms with Crippen molar-refractivity contribution in [3.63, 3.8) is 0 Å². The summed E-state index contributed by atoms with van der Waals surface area (Å²) >= 11 is 0. The van der Waals surface area contributed by atoms with Gasteiger partial charge in [-0.25, -0.2) is 19.6 Å². The average Bonchev–Trinajstić information content (AvgIpc) is 2.63. The normalized spacial score (nSPS) is 9.92. The van der Waals surface area contributed by atoms with Gasteiger partial charge in [0.25, 0.3) is 0 Å². The van der Waals surface area contributed by atoms with Crippen molar-refractivity contribution in [2.24, 2.45) is 0 Å². The third-order valence-electron chi connectivity index (χ3n) is 3.20. The molecule has 9 heteroatoms. The van der Waals surface area contributed by atoms with Crippen LogP contribution in [0.3, 0.4) is 0 Å². The molecular formula is C17H18N4O5. The number of nitrogens with one attached hydrogen (secondary N) is 2. The average molecular weight is 358 g/mol. The fraction of sp³-hybridized carbons (Fsp3) is 0.235. The second kappa shape index (κ2) is 9.11. The summed E-state index contributed by atoms with van der Waals surface area (Å²) in [6.45, 7) is 3.50. The van der Waals surface area contributed by atoms with Gasteiger partial charge in [-0.15, -0.1) is 0 Å². The fourth-order valence-electron chi connectivity index (χ4n) is 2.09. The van der Waals surface area contributed by atoms with E-state index in [9.17, 15) is 14.4 Å². The van der Waals surface area contributed by atoms with Crippen molar-refractivity contribution in [1.29, 1.82) is 0 Å². The molecule has 136 valence electrons. The molecule has 9 nitrogen and oxygen atoms in total. The van der Waals surface area contributed by atoms with Gasteiger partial charge >= 0.3 is 11.9 Å². The molecule has 1 aromatic carbocycles. The summed E-state index contributed by atoms with van der Waals surface area (Å²) < 4.78 is 9.74. The first-order valence-electron chi connectivity index (χ1n) is 7.86. The van der Waals surface area contributed by atoms with Gasteiger partial charge in [-0.2, -0.15) is 0 Å². The Morgan fingerprint density at radius 1 is 1.08 bits per heavy atom. The molecule has 0 aliphatic heterocycles. The van der Waals surface area contributed by atoms with E-state index in [0.717, 1.165) is 0 Å². The Morgan fingerprint density at radius 2 is 1.77 bits per heavy atom. The molecule has 2 rings (SSSR count). The maximum Gasteiger partial charge on any atom is 0.347 e. The number of esters is 2. The van der Waals surface area contributed by atoms with Gasteiger partial charge in [0.05, 0.1) is 18.7 Å². The van der Waals surface area contributed by atoms with Gasteiger partial charge in [-0.05, 0) is 32.0 Å². The fourth-order valence-corrected chi connectivity index (χ4v) is 2.09. The van der Waals surface area contributed by atoms with E-state index in [0.29, 0.717) is 28.8 Å². The summed E-state index contributed by atoms with van der Waals surface area (Å²) in [6.07, 6.45) is 3.06. The number of fused-ring (bicyclic) bond motifs is 1. The molecule has 0 atom stereocenters. The third-order valence-corrected chi connectivity index (χ3v) is 3.20. The Hall–Kier alpha value is -3.49. The number of amides is 1. The summed E-state index contributed by atoms with van der Waals surface area (Å²) in [4.78, 5) is 42.8. The number of hydrogen-bond donors (Lipinski definition) is 2. The first kappa shape index (κ1) is 18.8. The number of aromatic nitrogens is 2. The van der Waals surface area contributed by atoms with Crippen LogP contribution in [0.5, 0.6) is 0 Å². The lowest BCUT2D eigenvalue weighted by Gasteiger charge is -2.09. The predicted octanol–water partition coefficient (Wildman–Crippen LogP) is 1.62. The van der Waals surface area contributed by atoms with Crippen LogP contribution in [0.25, 0.3) is 10.9 Å². The number of rotatable bonds is 8. The van der Waals surface area contributed by atoms with E-state index in [-0.39, 0.29) is 18.8 Å². The Morgan fingerprint density at radius 3 is 2.38 bits per heavy atom. The molecule has 0 aliphatic rings. The molecule has 1 aromatic heterocycles. The number of hydrogen-bond acceptors (Lipinski definition) is 8. The van der Waals surface area contributed by atoms with Crippen LogP contribution >= 0.6 is 0 Å². The molecule has 0 unspecified atom stereocenters. The first-order valence-corrected chi connectivity index (χ1v) is 7.86. The van der Waals surface area contributed by atoms with E-state index >= 15 is 0 Å². The maximum atomic E-state index is 12.0. The SMILES string of the molecule is CCOC(=O)C(=CNc1ncnc2ccc(NC=O)cc12)C(=O)OCC. The van der Waals surface area contributed by atoms with Crippen LogP contribution in [0.15, 0.2) is 36.3 Å². The van der Waals surface area contributed by atoms with Gasteiger partial charge in [0.15, 0.2) is 5.57 Å². The zero-order valence-corrected chi connectivity index (χ0v) is 14.3. The van der Waals surface area contributed by atoms with E-state index in [2.05, 4.69) is 20.6 Å². The second-order valence-electron chi connectivity index (χ2n) is 4.86. The molecule has 0 saturated carbocycles. The van der Waals surface area contributed by atoms with Crippen LogP contribution in [-0.2, 0) is 23.9 Å². The van der Waals surface area contributed by atoms with E-state index < -0.39 is 11.9 Å². The molecular weight excluding hydrogens is 340 g/mol. The van der Waals surface area contributed by atoms with Crippen LogP contribution in [-0.4, -0.2) is 41.5 Å². The summed E-state index contributed by atoms with van der Waals surface area (Å²) in [5.74, 6) is -1.27. The molecule has 2 aromatic rings. The Labute approximate surface area is 149 Å². The minimum atomic E-state index is -0.805. The largest absolute Gasteiger partial charge is 0.462 e. The van der Waals surface area contributed by atoms with E-state index in [1.54, 1.807) is 32.0 Å². The number of carbonyl (C=O) groups is 3. The monoisotopic (exact) mass is 358 g/mol. The molecule has 0 bridgehead atoms. The predicted molar refractivity (Wildman–Crippen MR) is 94.2 cm³/mol. The van der Waals surface area contributed by atoms with Crippen molar-refractivity contribution < 1.29 is 23.9 Å². The molecule has 0 radical (unpaired) electrons. The lowest BCUT2D eigenvalue weighted by atomic mass is 10.2. The summed E-state index contributed by atoms with van der Waals surface area (Å²) in [5.41, 5.74) is 0.870. The topological polar surface area (TPSA) is 120 Å². The Balaban J connectivity index is 2.38. The molecule has 2 N–H and O–H groups in total. The first-order chi connectivity index (χ1) is 12.6. The molecule has 0 fully saturated rings. The van der Waals surface area contributed by atoms with E-state index in [1.165, 1.54) is 12.5 Å². The van der Waals surface area contributed by atoms with Crippen molar-refractivity contribution in [2.75, 3.05) is 23.8 Å². The zero-order valence-electron chi connectivity index (χ0n) is 14.3. The Kier molecular flexibility index (Phi) is 6.60. The molecule has 1 amide bonds. The molecule has 0 spiro atoms. The van der Waals surface area contributed by atoms with Crippen molar-refractivity contribution in [3.8, 4) is 0 Å². The summed E-state index contributed by atoms with van der Waals surface area (Å²) in [6, 6.07) is 5.05. The highest BCUT2D eigenvalue weighted by molar-refractivity contribution is 6.14. The van der Waals surface area contributed by atoms with Crippen LogP contribution < -0.4 is 10.6 Å². The van der Waals surface area contributed by atoms with E-state index in [1.807, 2.05) is 0 Å². The minimum Gasteiger partial charge on any atom is -0.462 e. The van der Waals surface area contributed by atoms with Gasteiger partial charge < -0.3 is 20.1 Å². The minimum absolute atomic E-state index is 0.118. The van der Waals surface area contributed by atoms with Gasteiger partial charge in [-0.1, -0.05) is 0 Å². The molecule has 0 aliphatic carbocycles. The highest BCUT2D eigenvalue weighted by Gasteiger charge is 2.21. The third kappa shape index (κ3) is 4.53. The van der Waals surface area contributed by atoms with Crippen LogP contribution in [0.2, 0.25) is 0 Å². The van der Waals surface area contributed by atoms with Gasteiger partial charge in [0, 0.05) is 17.3 Å². The number of carbonyl (C=O) groups excluding carboxylic acids is 3. The number of benzene rings is 1. The van der Waals surface area contributed by atoms with Crippen LogP contribution in [0.1, 0.15) is 13.8 Å². The quantitative estimate of drug-likeness (QED) is 0.240. The van der Waals surface area contributed by atoms with Gasteiger partial charge in [0.2, 0.25) is 6.41 Å². The lowest BCUT2D eigenvalue weighted by Crippen LogP contribution is -2.19. The van der Waals surface area contributed by atoms with Crippen molar-refractivity contribution in [3.05, 3.63) is 36.3 Å². The molecule has 0 saturated heterocycles. The highest BCUT2D eigenvalue weighted by atomic mass is 16.6. The second-order valence-corrected chi connectivity index (χ2v) is 4.86. The lowest BCUT2D eigenvalue weighted by molar-refractivity contribution is -0.146. The Bertz CT molecular complexity index is 830. The standard InChI is InChI=1S/C17H18N4O5/c1-3-25-16(23)13(17(24)26-4-2)8-18-15-12-7-11(21-10-22)5-6-14(12)19-9-20-15/h5-10H,3-4H2,1-2H3,(H,21,22)(H,18,19,20).